The number of benzene rings is 2. The van der Waals surface area contributed by atoms with Crippen molar-refractivity contribution < 1.29 is 9.53 Å². The molecule has 0 unspecified atom stereocenters. The van der Waals surface area contributed by atoms with Gasteiger partial charge in [-0.25, -0.2) is 0 Å². The summed E-state index contributed by atoms with van der Waals surface area (Å²) in [7, 11) is 0. The van der Waals surface area contributed by atoms with Gasteiger partial charge in [-0.2, -0.15) is 0 Å². The van der Waals surface area contributed by atoms with Crippen LogP contribution in [0.25, 0.3) is 0 Å². The average Bonchev–Trinajstić information content (AvgIpc) is 2.58. The zero-order chi connectivity index (χ0) is 17.4. The van der Waals surface area contributed by atoms with Gasteiger partial charge in [-0.3, -0.25) is 4.79 Å². The first kappa shape index (κ1) is 18.3. The van der Waals surface area contributed by atoms with Crippen molar-refractivity contribution in [2.75, 3.05) is 13.2 Å². The molecule has 3 nitrogen and oxygen atoms in total. The molecular weight excluding hydrogens is 322 g/mol. The molecule has 24 heavy (non-hydrogen) atoms. The van der Waals surface area contributed by atoms with E-state index in [1.165, 1.54) is 5.56 Å². The molecule has 1 N–H and O–H groups in total. The Kier molecular flexibility index (Phi) is 7.13. The highest BCUT2D eigenvalue weighted by molar-refractivity contribution is 6.32. The number of carbonyl (C=O) groups is 1. The number of nitrogens with one attached hydrogen (secondary N) is 1. The minimum absolute atomic E-state index is 0.0270. The van der Waals surface area contributed by atoms with E-state index in [-0.39, 0.29) is 12.5 Å². The highest BCUT2D eigenvalue weighted by Crippen LogP contribution is 2.25. The van der Waals surface area contributed by atoms with Gasteiger partial charge in [0.25, 0.3) is 5.91 Å². The smallest absolute Gasteiger partial charge is 0.257 e. The molecule has 0 bridgehead atoms. The number of carbonyl (C=O) groups excluding carboxylic acids is 1. The Morgan fingerprint density at radius 1 is 1.08 bits per heavy atom. The number of amides is 1. The Morgan fingerprint density at radius 2 is 1.75 bits per heavy atom. The van der Waals surface area contributed by atoms with E-state index in [0.29, 0.717) is 12.3 Å². The van der Waals surface area contributed by atoms with Crippen molar-refractivity contribution in [2.24, 2.45) is 0 Å². The van der Waals surface area contributed by atoms with Crippen LogP contribution >= 0.6 is 11.6 Å². The summed E-state index contributed by atoms with van der Waals surface area (Å²) >= 11 is 6.12. The fourth-order valence-electron chi connectivity index (χ4n) is 2.52. The molecule has 4 heteroatoms. The lowest BCUT2D eigenvalue weighted by atomic mass is 10.1. The zero-order valence-electron chi connectivity index (χ0n) is 14.3. The van der Waals surface area contributed by atoms with E-state index in [0.717, 1.165) is 35.4 Å². The predicted molar refractivity (Wildman–Crippen MR) is 98.8 cm³/mol. The van der Waals surface area contributed by atoms with Crippen LogP contribution in [0, 0.1) is 13.8 Å². The number of unbranched alkanes of at least 4 members (excludes halogenated alkanes) is 1. The van der Waals surface area contributed by atoms with Crippen LogP contribution in [-0.2, 0) is 11.2 Å². The molecule has 0 spiro atoms. The lowest BCUT2D eigenvalue weighted by molar-refractivity contribution is -0.123. The largest absolute Gasteiger partial charge is 0.484 e. The van der Waals surface area contributed by atoms with Gasteiger partial charge in [-0.05, 0) is 61.9 Å². The van der Waals surface area contributed by atoms with E-state index in [1.54, 1.807) is 0 Å². The van der Waals surface area contributed by atoms with Gasteiger partial charge in [-0.1, -0.05) is 41.9 Å². The Bertz CT molecular complexity index is 648. The lowest BCUT2D eigenvalue weighted by Gasteiger charge is -2.10. The van der Waals surface area contributed by atoms with Crippen LogP contribution < -0.4 is 10.1 Å². The van der Waals surface area contributed by atoms with E-state index in [9.17, 15) is 4.79 Å². The first-order valence-electron chi connectivity index (χ1n) is 8.26. The van der Waals surface area contributed by atoms with E-state index in [1.807, 2.05) is 32.0 Å². The summed E-state index contributed by atoms with van der Waals surface area (Å²) in [6, 6.07) is 14.1. The molecule has 0 aliphatic carbocycles. The SMILES string of the molecule is Cc1cc(OCC(=O)NCCCCc2ccccc2)cc(C)c1Cl. The third-order valence-electron chi connectivity index (χ3n) is 3.84. The van der Waals surface area contributed by atoms with E-state index >= 15 is 0 Å². The van der Waals surface area contributed by atoms with Gasteiger partial charge >= 0.3 is 0 Å². The number of rotatable bonds is 8. The average molecular weight is 346 g/mol. The molecule has 0 aliphatic heterocycles. The Balaban J connectivity index is 1.63. The quantitative estimate of drug-likeness (QED) is 0.716. The Morgan fingerprint density at radius 3 is 2.42 bits per heavy atom. The summed E-state index contributed by atoms with van der Waals surface area (Å²) in [5.74, 6) is 0.577. The minimum Gasteiger partial charge on any atom is -0.484 e. The molecule has 0 fully saturated rings. The number of aryl methyl sites for hydroxylation is 3. The number of ether oxygens (including phenoxy) is 1. The molecule has 0 saturated carbocycles. The molecule has 0 aliphatic rings. The highest BCUT2D eigenvalue weighted by atomic mass is 35.5. The maximum absolute atomic E-state index is 11.8. The molecule has 0 aromatic heterocycles. The van der Waals surface area contributed by atoms with Gasteiger partial charge in [-0.15, -0.1) is 0 Å². The van der Waals surface area contributed by atoms with Gasteiger partial charge in [0.1, 0.15) is 5.75 Å². The Hall–Kier alpha value is -2.00. The molecule has 0 heterocycles. The molecule has 2 aromatic carbocycles. The van der Waals surface area contributed by atoms with Crippen molar-refractivity contribution >= 4 is 17.5 Å². The summed E-state index contributed by atoms with van der Waals surface area (Å²) < 4.78 is 5.54. The first-order chi connectivity index (χ1) is 11.6. The van der Waals surface area contributed by atoms with Crippen LogP contribution in [0.3, 0.4) is 0 Å². The maximum atomic E-state index is 11.8. The molecule has 0 atom stereocenters. The minimum atomic E-state index is -0.0973. The fraction of sp³-hybridized carbons (Fsp3) is 0.350. The molecule has 1 amide bonds. The first-order valence-corrected chi connectivity index (χ1v) is 8.64. The summed E-state index contributed by atoms with van der Waals surface area (Å²) in [6.07, 6.45) is 3.05. The normalized spacial score (nSPS) is 10.5. The van der Waals surface area contributed by atoms with Gasteiger partial charge in [0.05, 0.1) is 0 Å². The topological polar surface area (TPSA) is 38.3 Å². The molecular formula is C20H24ClNO2. The van der Waals surface area contributed by atoms with Crippen molar-refractivity contribution in [3.8, 4) is 5.75 Å². The van der Waals surface area contributed by atoms with Crippen molar-refractivity contribution in [3.05, 3.63) is 64.2 Å². The molecule has 2 aromatic rings. The van der Waals surface area contributed by atoms with Crippen LogP contribution in [0.15, 0.2) is 42.5 Å². The van der Waals surface area contributed by atoms with Crippen molar-refractivity contribution in [3.63, 3.8) is 0 Å². The summed E-state index contributed by atoms with van der Waals surface area (Å²) in [5, 5.41) is 3.63. The number of halogens is 1. The van der Waals surface area contributed by atoms with E-state index < -0.39 is 0 Å². The second-order valence-corrected chi connectivity index (χ2v) is 6.33. The summed E-state index contributed by atoms with van der Waals surface area (Å²) in [6.45, 7) is 4.55. The van der Waals surface area contributed by atoms with Crippen LogP contribution in [0.1, 0.15) is 29.5 Å². The molecule has 0 saturated heterocycles. The van der Waals surface area contributed by atoms with Crippen LogP contribution in [0.5, 0.6) is 5.75 Å². The van der Waals surface area contributed by atoms with Gasteiger partial charge < -0.3 is 10.1 Å². The molecule has 2 rings (SSSR count). The second kappa shape index (κ2) is 9.33. The van der Waals surface area contributed by atoms with E-state index in [2.05, 4.69) is 29.6 Å². The van der Waals surface area contributed by atoms with Crippen molar-refractivity contribution in [1.82, 2.24) is 5.32 Å². The van der Waals surface area contributed by atoms with E-state index in [4.69, 9.17) is 16.3 Å². The maximum Gasteiger partial charge on any atom is 0.257 e. The third kappa shape index (κ3) is 5.89. The van der Waals surface area contributed by atoms with Crippen LogP contribution in [0.2, 0.25) is 5.02 Å². The monoisotopic (exact) mass is 345 g/mol. The lowest BCUT2D eigenvalue weighted by Crippen LogP contribution is -2.29. The summed E-state index contributed by atoms with van der Waals surface area (Å²) in [5.41, 5.74) is 3.24. The third-order valence-corrected chi connectivity index (χ3v) is 4.43. The number of hydrogen-bond donors (Lipinski definition) is 1. The predicted octanol–water partition coefficient (Wildman–Crippen LogP) is 4.47. The van der Waals surface area contributed by atoms with Gasteiger partial charge in [0, 0.05) is 11.6 Å². The second-order valence-electron chi connectivity index (χ2n) is 5.95. The molecule has 0 radical (unpaired) electrons. The number of hydrogen-bond acceptors (Lipinski definition) is 2. The van der Waals surface area contributed by atoms with Crippen molar-refractivity contribution in [1.29, 1.82) is 0 Å². The highest BCUT2D eigenvalue weighted by Gasteiger charge is 2.06. The van der Waals surface area contributed by atoms with Gasteiger partial charge in [0.15, 0.2) is 6.61 Å². The zero-order valence-corrected chi connectivity index (χ0v) is 15.0. The standard InChI is InChI=1S/C20H24ClNO2/c1-15-12-18(13-16(2)20(15)21)24-14-19(23)22-11-7-6-10-17-8-4-3-5-9-17/h3-5,8-9,12-13H,6-7,10-11,14H2,1-2H3,(H,22,23). The van der Waals surface area contributed by atoms with Crippen LogP contribution in [-0.4, -0.2) is 19.1 Å². The van der Waals surface area contributed by atoms with Crippen molar-refractivity contribution in [2.45, 2.75) is 33.1 Å². The molecule has 128 valence electrons. The van der Waals surface area contributed by atoms with Crippen LogP contribution in [0.4, 0.5) is 0 Å². The van der Waals surface area contributed by atoms with Gasteiger partial charge in [0.2, 0.25) is 0 Å². The summed E-state index contributed by atoms with van der Waals surface area (Å²) in [4.78, 5) is 11.8. The Labute approximate surface area is 149 Å². The fourth-order valence-corrected chi connectivity index (χ4v) is 2.63.